The Kier molecular flexibility index (Phi) is 9.51. The van der Waals surface area contributed by atoms with E-state index in [1.807, 2.05) is 36.7 Å². The van der Waals surface area contributed by atoms with Crippen molar-refractivity contribution in [3.05, 3.63) is 119 Å². The fourth-order valence-electron chi connectivity index (χ4n) is 6.66. The molecule has 2 aromatic heterocycles. The van der Waals surface area contributed by atoms with Crippen molar-refractivity contribution in [2.75, 3.05) is 74.0 Å². The number of anilines is 3. The molecular formula is C38H43ClN8. The zero-order valence-corrected chi connectivity index (χ0v) is 28.1. The molecule has 1 unspecified atom stereocenters. The van der Waals surface area contributed by atoms with Gasteiger partial charge in [-0.05, 0) is 60.5 Å². The molecule has 0 spiro atoms. The summed E-state index contributed by atoms with van der Waals surface area (Å²) in [5, 5.41) is 5.57. The molecule has 4 heterocycles. The fourth-order valence-corrected chi connectivity index (χ4v) is 6.83. The summed E-state index contributed by atoms with van der Waals surface area (Å²) in [4.78, 5) is 23.9. The molecule has 7 rings (SSSR count). The van der Waals surface area contributed by atoms with E-state index in [9.17, 15) is 0 Å². The third-order valence-electron chi connectivity index (χ3n) is 9.56. The van der Waals surface area contributed by atoms with Crippen LogP contribution < -0.4 is 15.1 Å². The van der Waals surface area contributed by atoms with Crippen LogP contribution in [0.25, 0.3) is 10.9 Å². The molecule has 0 saturated carbocycles. The number of piperazine rings is 2. The van der Waals surface area contributed by atoms with Gasteiger partial charge in [0, 0.05) is 87.4 Å². The predicted molar refractivity (Wildman–Crippen MR) is 194 cm³/mol. The number of likely N-dealkylation sites (N-methyl/N-ethyl adjacent to an activating group) is 1. The van der Waals surface area contributed by atoms with Gasteiger partial charge in [0.2, 0.25) is 5.95 Å². The van der Waals surface area contributed by atoms with Gasteiger partial charge in [-0.1, -0.05) is 72.6 Å². The molecule has 2 saturated heterocycles. The van der Waals surface area contributed by atoms with Crippen molar-refractivity contribution in [2.45, 2.75) is 26.4 Å². The second-order valence-electron chi connectivity index (χ2n) is 12.6. The van der Waals surface area contributed by atoms with Crippen molar-refractivity contribution in [2.24, 2.45) is 0 Å². The van der Waals surface area contributed by atoms with E-state index in [0.29, 0.717) is 5.02 Å². The monoisotopic (exact) mass is 646 g/mol. The largest absolute Gasteiger partial charge is 0.374 e. The molecule has 242 valence electrons. The Balaban J connectivity index is 1.01. The molecule has 1 N–H and O–H groups in total. The Labute approximate surface area is 283 Å². The first kappa shape index (κ1) is 31.4. The normalized spacial score (nSPS) is 16.8. The molecule has 0 aliphatic carbocycles. The molecule has 0 amide bonds. The van der Waals surface area contributed by atoms with Gasteiger partial charge in [-0.3, -0.25) is 9.88 Å². The van der Waals surface area contributed by atoms with Crippen LogP contribution in [0.3, 0.4) is 0 Å². The number of aryl methyl sites for hydroxylation is 1. The highest BCUT2D eigenvalue weighted by Gasteiger charge is 2.22. The maximum atomic E-state index is 6.27. The smallest absolute Gasteiger partial charge is 0.227 e. The zero-order valence-electron chi connectivity index (χ0n) is 27.3. The molecule has 0 bridgehead atoms. The van der Waals surface area contributed by atoms with Crippen LogP contribution in [0.1, 0.15) is 35.2 Å². The molecule has 2 aliphatic rings. The Morgan fingerprint density at radius 2 is 1.38 bits per heavy atom. The van der Waals surface area contributed by atoms with Crippen LogP contribution in [0.4, 0.5) is 17.5 Å². The maximum absolute atomic E-state index is 6.27. The van der Waals surface area contributed by atoms with Gasteiger partial charge >= 0.3 is 0 Å². The molecular weight excluding hydrogens is 604 g/mol. The summed E-state index contributed by atoms with van der Waals surface area (Å²) < 4.78 is 0. The number of halogens is 1. The second kappa shape index (κ2) is 14.3. The molecule has 47 heavy (non-hydrogen) atoms. The van der Waals surface area contributed by atoms with E-state index in [4.69, 9.17) is 16.6 Å². The van der Waals surface area contributed by atoms with Crippen molar-refractivity contribution in [3.63, 3.8) is 0 Å². The number of pyridine rings is 1. The lowest BCUT2D eigenvalue weighted by molar-refractivity contribution is 0.249. The molecule has 2 aliphatic heterocycles. The van der Waals surface area contributed by atoms with E-state index >= 15 is 0 Å². The van der Waals surface area contributed by atoms with Gasteiger partial charge in [-0.2, -0.15) is 4.98 Å². The topological polar surface area (TPSA) is 63.7 Å². The van der Waals surface area contributed by atoms with Crippen molar-refractivity contribution in [3.8, 4) is 0 Å². The third kappa shape index (κ3) is 7.35. The van der Waals surface area contributed by atoms with Crippen LogP contribution >= 0.6 is 11.6 Å². The number of nitrogens with one attached hydrogen (secondary N) is 1. The van der Waals surface area contributed by atoms with Gasteiger partial charge in [0.05, 0.1) is 11.6 Å². The first-order valence-corrected chi connectivity index (χ1v) is 17.1. The second-order valence-corrected chi connectivity index (χ2v) is 13.1. The minimum absolute atomic E-state index is 0.0113. The average molecular weight is 647 g/mol. The predicted octanol–water partition coefficient (Wildman–Crippen LogP) is 6.65. The Bertz CT molecular complexity index is 1780. The van der Waals surface area contributed by atoms with Gasteiger partial charge in [0.15, 0.2) is 0 Å². The minimum Gasteiger partial charge on any atom is -0.374 e. The SMILES string of the molecule is CCN1CCN(c2nccc(N3CCN(Cc4ccc(C(Nc5ccnc6cc(Cl)ccc56)c5ccc(C)cc5)cc4)CC3)n2)CC1. The molecule has 0 radical (unpaired) electrons. The minimum atomic E-state index is -0.0113. The molecule has 5 aromatic rings. The summed E-state index contributed by atoms with van der Waals surface area (Å²) in [7, 11) is 0. The zero-order chi connectivity index (χ0) is 32.2. The number of aromatic nitrogens is 3. The lowest BCUT2D eigenvalue weighted by Gasteiger charge is -2.36. The standard InChI is InChI=1S/C38H43ClN8/c1-3-44-18-24-47(25-19-44)38-41-17-15-36(43-38)46-22-20-45(21-23-46)27-29-6-10-31(11-7-29)37(30-8-4-28(2)5-9-30)42-34-14-16-40-35-26-32(39)12-13-33(34)35/h4-17,26,37H,3,18-25,27H2,1-2H3,(H,40,42). The number of fused-ring (bicyclic) bond motifs is 1. The van der Waals surface area contributed by atoms with Crippen molar-refractivity contribution >= 4 is 40.0 Å². The van der Waals surface area contributed by atoms with Gasteiger partial charge in [-0.25, -0.2) is 4.98 Å². The molecule has 9 heteroatoms. The first-order valence-electron chi connectivity index (χ1n) is 16.8. The summed E-state index contributed by atoms with van der Waals surface area (Å²) in [6, 6.07) is 27.9. The Morgan fingerprint density at radius 3 is 2.11 bits per heavy atom. The third-order valence-corrected chi connectivity index (χ3v) is 9.80. The van der Waals surface area contributed by atoms with Crippen LogP contribution in [0.15, 0.2) is 91.3 Å². The molecule has 3 aromatic carbocycles. The molecule has 1 atom stereocenters. The number of hydrogen-bond acceptors (Lipinski definition) is 8. The van der Waals surface area contributed by atoms with Gasteiger partial charge in [0.1, 0.15) is 5.82 Å². The maximum Gasteiger partial charge on any atom is 0.227 e. The van der Waals surface area contributed by atoms with Crippen molar-refractivity contribution < 1.29 is 0 Å². The van der Waals surface area contributed by atoms with E-state index in [2.05, 4.69) is 103 Å². The summed E-state index contributed by atoms with van der Waals surface area (Å²) in [6.45, 7) is 14.4. The summed E-state index contributed by atoms with van der Waals surface area (Å²) in [5.74, 6) is 1.90. The number of nitrogens with zero attached hydrogens (tertiary/aromatic N) is 7. The highest BCUT2D eigenvalue weighted by Crippen LogP contribution is 2.32. The van der Waals surface area contributed by atoms with E-state index in [-0.39, 0.29) is 6.04 Å². The van der Waals surface area contributed by atoms with Crippen molar-refractivity contribution in [1.82, 2.24) is 24.8 Å². The fraction of sp³-hybridized carbons (Fsp3) is 0.342. The summed E-state index contributed by atoms with van der Waals surface area (Å²) in [6.07, 6.45) is 3.76. The van der Waals surface area contributed by atoms with Crippen LogP contribution in [0, 0.1) is 6.92 Å². The Hall–Kier alpha value is -4.24. The quantitative estimate of drug-likeness (QED) is 0.191. The number of hydrogen-bond donors (Lipinski definition) is 1. The molecule has 2 fully saturated rings. The van der Waals surface area contributed by atoms with E-state index in [0.717, 1.165) is 93.8 Å². The highest BCUT2D eigenvalue weighted by molar-refractivity contribution is 6.31. The van der Waals surface area contributed by atoms with Gasteiger partial charge < -0.3 is 20.0 Å². The van der Waals surface area contributed by atoms with E-state index < -0.39 is 0 Å². The van der Waals surface area contributed by atoms with Crippen molar-refractivity contribution in [1.29, 1.82) is 0 Å². The lowest BCUT2D eigenvalue weighted by atomic mass is 9.96. The van der Waals surface area contributed by atoms with Crippen LogP contribution in [0.2, 0.25) is 5.02 Å². The van der Waals surface area contributed by atoms with Gasteiger partial charge in [0.25, 0.3) is 0 Å². The molecule has 8 nitrogen and oxygen atoms in total. The summed E-state index contributed by atoms with van der Waals surface area (Å²) in [5.41, 5.74) is 6.92. The van der Waals surface area contributed by atoms with Crippen LogP contribution in [-0.2, 0) is 6.54 Å². The lowest BCUT2D eigenvalue weighted by Crippen LogP contribution is -2.47. The first-order chi connectivity index (χ1) is 23.0. The van der Waals surface area contributed by atoms with Crippen LogP contribution in [-0.4, -0.2) is 83.7 Å². The number of rotatable bonds is 9. The summed E-state index contributed by atoms with van der Waals surface area (Å²) >= 11 is 6.27. The van der Waals surface area contributed by atoms with Crippen LogP contribution in [0.5, 0.6) is 0 Å². The highest BCUT2D eigenvalue weighted by atomic mass is 35.5. The van der Waals surface area contributed by atoms with E-state index in [1.165, 1.54) is 22.3 Å². The number of benzene rings is 3. The average Bonchev–Trinajstić information content (AvgIpc) is 3.12. The Morgan fingerprint density at radius 1 is 0.723 bits per heavy atom. The van der Waals surface area contributed by atoms with E-state index in [1.54, 1.807) is 0 Å². The van der Waals surface area contributed by atoms with Gasteiger partial charge in [-0.15, -0.1) is 0 Å².